The van der Waals surface area contributed by atoms with Gasteiger partial charge in [0, 0.05) is 17.0 Å². The monoisotopic (exact) mass is 257 g/mol. The summed E-state index contributed by atoms with van der Waals surface area (Å²) >= 11 is 0. The van der Waals surface area contributed by atoms with Crippen molar-refractivity contribution < 1.29 is 9.18 Å². The van der Waals surface area contributed by atoms with Crippen LogP contribution in [0.4, 0.5) is 4.39 Å². The number of hydrogen-bond acceptors (Lipinski definition) is 1. The molecular formula is C16H16FNO. The molecule has 3 heteroatoms. The third-order valence-corrected chi connectivity index (χ3v) is 3.82. The number of rotatable bonds is 2. The minimum Gasteiger partial charge on any atom is -0.349 e. The first-order valence-electron chi connectivity index (χ1n) is 6.63. The Bertz CT molecular complexity index is 632. The van der Waals surface area contributed by atoms with E-state index in [1.807, 2.05) is 6.07 Å². The van der Waals surface area contributed by atoms with E-state index in [9.17, 15) is 9.18 Å². The Labute approximate surface area is 111 Å². The second-order valence-corrected chi connectivity index (χ2v) is 5.39. The Morgan fingerprint density at radius 2 is 1.84 bits per heavy atom. The number of fused-ring (bicyclic) bond motifs is 1. The molecule has 0 aromatic heterocycles. The Kier molecular flexibility index (Phi) is 2.97. The molecule has 2 nitrogen and oxygen atoms in total. The average molecular weight is 257 g/mol. The van der Waals surface area contributed by atoms with Crippen molar-refractivity contribution in [2.24, 2.45) is 5.92 Å². The van der Waals surface area contributed by atoms with Gasteiger partial charge in [0.1, 0.15) is 5.82 Å². The van der Waals surface area contributed by atoms with E-state index in [4.69, 9.17) is 0 Å². The van der Waals surface area contributed by atoms with Crippen molar-refractivity contribution in [1.82, 2.24) is 5.32 Å². The molecule has 0 spiro atoms. The van der Waals surface area contributed by atoms with E-state index in [1.165, 1.54) is 6.07 Å². The van der Waals surface area contributed by atoms with Crippen LogP contribution in [0.15, 0.2) is 36.4 Å². The van der Waals surface area contributed by atoms with Crippen molar-refractivity contribution in [2.75, 3.05) is 0 Å². The van der Waals surface area contributed by atoms with Crippen molar-refractivity contribution in [2.45, 2.75) is 25.8 Å². The van der Waals surface area contributed by atoms with Gasteiger partial charge < -0.3 is 5.32 Å². The number of hydrogen-bond donors (Lipinski definition) is 1. The molecule has 1 aliphatic carbocycles. The summed E-state index contributed by atoms with van der Waals surface area (Å²) in [5.74, 6) is 0.299. The Morgan fingerprint density at radius 3 is 2.53 bits per heavy atom. The number of carbonyl (C=O) groups is 1. The first-order valence-corrected chi connectivity index (χ1v) is 6.63. The van der Waals surface area contributed by atoms with E-state index in [2.05, 4.69) is 12.2 Å². The van der Waals surface area contributed by atoms with Crippen molar-refractivity contribution in [3.05, 3.63) is 47.8 Å². The van der Waals surface area contributed by atoms with Gasteiger partial charge in [-0.2, -0.15) is 0 Å². The molecule has 0 bridgehead atoms. The van der Waals surface area contributed by atoms with E-state index in [1.54, 1.807) is 24.3 Å². The van der Waals surface area contributed by atoms with E-state index in [0.717, 1.165) is 12.8 Å². The number of halogens is 1. The highest BCUT2D eigenvalue weighted by Crippen LogP contribution is 2.27. The predicted octanol–water partition coefficient (Wildman–Crippen LogP) is 3.51. The summed E-state index contributed by atoms with van der Waals surface area (Å²) in [5, 5.41) is 4.18. The fourth-order valence-corrected chi connectivity index (χ4v) is 2.74. The fraction of sp³-hybridized carbons (Fsp3) is 0.312. The molecule has 0 saturated heterocycles. The molecule has 2 aromatic rings. The summed E-state index contributed by atoms with van der Waals surface area (Å²) in [6.45, 7) is 2.18. The Hall–Kier alpha value is -1.90. The zero-order chi connectivity index (χ0) is 13.4. The van der Waals surface area contributed by atoms with Crippen LogP contribution in [0.3, 0.4) is 0 Å². The van der Waals surface area contributed by atoms with Gasteiger partial charge in [0.05, 0.1) is 0 Å². The first kappa shape index (κ1) is 12.2. The molecule has 1 amide bonds. The quantitative estimate of drug-likeness (QED) is 0.876. The molecule has 1 fully saturated rings. The first-order chi connectivity index (χ1) is 9.15. The zero-order valence-corrected chi connectivity index (χ0v) is 10.8. The van der Waals surface area contributed by atoms with Gasteiger partial charge in [-0.05, 0) is 36.3 Å². The van der Waals surface area contributed by atoms with Gasteiger partial charge in [-0.1, -0.05) is 31.2 Å². The topological polar surface area (TPSA) is 29.1 Å². The van der Waals surface area contributed by atoms with E-state index >= 15 is 0 Å². The maximum absolute atomic E-state index is 13.7. The maximum Gasteiger partial charge on any atom is 0.252 e. The molecule has 1 saturated carbocycles. The number of amides is 1. The highest BCUT2D eigenvalue weighted by atomic mass is 19.1. The predicted molar refractivity (Wildman–Crippen MR) is 73.6 cm³/mol. The molecule has 0 radical (unpaired) electrons. The zero-order valence-electron chi connectivity index (χ0n) is 10.8. The van der Waals surface area contributed by atoms with Gasteiger partial charge >= 0.3 is 0 Å². The molecule has 1 N–H and O–H groups in total. The van der Waals surface area contributed by atoms with Crippen LogP contribution in [0, 0.1) is 11.7 Å². The van der Waals surface area contributed by atoms with Crippen LogP contribution in [-0.4, -0.2) is 11.9 Å². The summed E-state index contributed by atoms with van der Waals surface area (Å²) in [5.41, 5.74) is 0.552. The summed E-state index contributed by atoms with van der Waals surface area (Å²) in [7, 11) is 0. The van der Waals surface area contributed by atoms with Gasteiger partial charge in [-0.3, -0.25) is 4.79 Å². The second-order valence-electron chi connectivity index (χ2n) is 5.39. The molecule has 0 unspecified atom stereocenters. The van der Waals surface area contributed by atoms with Gasteiger partial charge in [0.2, 0.25) is 0 Å². The molecule has 3 rings (SSSR count). The molecule has 1 aliphatic rings. The molecule has 19 heavy (non-hydrogen) atoms. The van der Waals surface area contributed by atoms with E-state index in [-0.39, 0.29) is 17.8 Å². The lowest BCUT2D eigenvalue weighted by Gasteiger charge is -2.33. The third kappa shape index (κ3) is 2.21. The molecule has 0 heterocycles. The number of nitrogens with one attached hydrogen (secondary N) is 1. The van der Waals surface area contributed by atoms with Crippen molar-refractivity contribution >= 4 is 16.7 Å². The van der Waals surface area contributed by atoms with Crippen LogP contribution in [0.25, 0.3) is 10.8 Å². The van der Waals surface area contributed by atoms with Crippen LogP contribution >= 0.6 is 0 Å². The second kappa shape index (κ2) is 4.65. The highest BCUT2D eigenvalue weighted by molar-refractivity contribution is 6.07. The standard InChI is InChI=1S/C16H16FNO/c1-10-8-11(9-10)18-16(19)14-6-7-15(17)13-5-3-2-4-12(13)14/h2-7,10-11H,8-9H2,1H3,(H,18,19). The lowest BCUT2D eigenvalue weighted by molar-refractivity contribution is 0.0898. The normalized spacial score (nSPS) is 22.0. The average Bonchev–Trinajstić information content (AvgIpc) is 2.37. The van der Waals surface area contributed by atoms with Crippen LogP contribution in [0.5, 0.6) is 0 Å². The van der Waals surface area contributed by atoms with Gasteiger partial charge in [0.25, 0.3) is 5.91 Å². The third-order valence-electron chi connectivity index (χ3n) is 3.82. The summed E-state index contributed by atoms with van der Waals surface area (Å²) in [6, 6.07) is 10.3. The van der Waals surface area contributed by atoms with Gasteiger partial charge in [-0.25, -0.2) is 4.39 Å². The number of benzene rings is 2. The van der Waals surface area contributed by atoms with Crippen molar-refractivity contribution in [3.8, 4) is 0 Å². The molecule has 2 aromatic carbocycles. The van der Waals surface area contributed by atoms with Crippen LogP contribution in [0.2, 0.25) is 0 Å². The van der Waals surface area contributed by atoms with Crippen molar-refractivity contribution in [1.29, 1.82) is 0 Å². The van der Waals surface area contributed by atoms with E-state index < -0.39 is 0 Å². The Balaban J connectivity index is 1.92. The molecule has 98 valence electrons. The maximum atomic E-state index is 13.7. The summed E-state index contributed by atoms with van der Waals surface area (Å²) in [6.07, 6.45) is 2.07. The van der Waals surface area contributed by atoms with Crippen LogP contribution in [0.1, 0.15) is 30.1 Å². The van der Waals surface area contributed by atoms with Crippen LogP contribution < -0.4 is 5.32 Å². The summed E-state index contributed by atoms with van der Waals surface area (Å²) in [4.78, 5) is 12.2. The Morgan fingerprint density at radius 1 is 1.16 bits per heavy atom. The SMILES string of the molecule is CC1CC(NC(=O)c2ccc(F)c3ccccc23)C1. The smallest absolute Gasteiger partial charge is 0.252 e. The van der Waals surface area contributed by atoms with Crippen LogP contribution in [-0.2, 0) is 0 Å². The molecule has 0 atom stereocenters. The largest absolute Gasteiger partial charge is 0.349 e. The molecule has 0 aliphatic heterocycles. The lowest BCUT2D eigenvalue weighted by Crippen LogP contribution is -2.43. The minimum atomic E-state index is -0.288. The fourth-order valence-electron chi connectivity index (χ4n) is 2.74. The minimum absolute atomic E-state index is 0.104. The lowest BCUT2D eigenvalue weighted by atomic mass is 9.82. The van der Waals surface area contributed by atoms with E-state index in [0.29, 0.717) is 22.3 Å². The highest BCUT2D eigenvalue weighted by Gasteiger charge is 2.27. The molecular weight excluding hydrogens is 241 g/mol. The summed E-state index contributed by atoms with van der Waals surface area (Å²) < 4.78 is 13.7. The van der Waals surface area contributed by atoms with Gasteiger partial charge in [-0.15, -0.1) is 0 Å². The van der Waals surface area contributed by atoms with Gasteiger partial charge in [0.15, 0.2) is 0 Å². The van der Waals surface area contributed by atoms with Crippen molar-refractivity contribution in [3.63, 3.8) is 0 Å². The number of carbonyl (C=O) groups excluding carboxylic acids is 1.